The van der Waals surface area contributed by atoms with E-state index in [2.05, 4.69) is 4.98 Å². The van der Waals surface area contributed by atoms with Crippen molar-refractivity contribution in [3.05, 3.63) is 40.7 Å². The molecule has 3 rings (SSSR count). The predicted octanol–water partition coefficient (Wildman–Crippen LogP) is -3.46. The zero-order valence-electron chi connectivity index (χ0n) is 15.5. The first-order chi connectivity index (χ1) is 12.4. The Bertz CT molecular complexity index is 743. The molecule has 0 aliphatic carbocycles. The van der Waals surface area contributed by atoms with E-state index in [-0.39, 0.29) is 59.1 Å². The third-order valence-corrected chi connectivity index (χ3v) is 6.43. The van der Waals surface area contributed by atoms with E-state index in [4.69, 9.17) is 0 Å². The number of fused-ring (bicyclic) bond motifs is 1. The first kappa shape index (κ1) is 22.4. The van der Waals surface area contributed by atoms with Crippen LogP contribution in [0.15, 0.2) is 35.0 Å². The van der Waals surface area contributed by atoms with Crippen molar-refractivity contribution in [1.82, 2.24) is 9.88 Å². The van der Waals surface area contributed by atoms with Gasteiger partial charge in [0.2, 0.25) is 5.91 Å². The minimum Gasteiger partial charge on any atom is -0.543 e. The molecule has 0 radical (unpaired) electrons. The molecule has 1 fully saturated rings. The molecule has 27 heavy (non-hydrogen) atoms. The topological polar surface area (TPSA) is 114 Å². The van der Waals surface area contributed by atoms with Crippen LogP contribution in [-0.4, -0.2) is 56.0 Å². The second-order valence-corrected chi connectivity index (χ2v) is 8.04. The van der Waals surface area contributed by atoms with E-state index in [9.17, 15) is 24.9 Å². The van der Waals surface area contributed by atoms with Gasteiger partial charge >= 0.3 is 29.6 Å². The number of carbonyl (C=O) groups is 2. The summed E-state index contributed by atoms with van der Waals surface area (Å²) < 4.78 is 0. The minimum absolute atomic E-state index is 0. The maximum absolute atomic E-state index is 12.3. The van der Waals surface area contributed by atoms with E-state index in [0.717, 1.165) is 5.69 Å². The molecule has 0 bridgehead atoms. The van der Waals surface area contributed by atoms with Crippen LogP contribution < -0.4 is 34.7 Å². The quantitative estimate of drug-likeness (QED) is 0.361. The summed E-state index contributed by atoms with van der Waals surface area (Å²) in [5.41, 5.74) is 0.662. The van der Waals surface area contributed by atoms with Gasteiger partial charge in [0.1, 0.15) is 0 Å². The number of aliphatic hydroxyl groups is 2. The van der Waals surface area contributed by atoms with Crippen molar-refractivity contribution in [2.75, 3.05) is 6.61 Å². The molecule has 140 valence electrons. The van der Waals surface area contributed by atoms with E-state index in [0.29, 0.717) is 11.3 Å². The fourth-order valence-corrected chi connectivity index (χ4v) is 5.08. The number of hydrogen-bond donors (Lipinski definition) is 2. The van der Waals surface area contributed by atoms with Crippen molar-refractivity contribution in [2.45, 2.75) is 37.7 Å². The Labute approximate surface area is 184 Å². The van der Waals surface area contributed by atoms with Crippen LogP contribution in [0.4, 0.5) is 0 Å². The minimum atomic E-state index is -1.41. The molecule has 0 saturated carbocycles. The van der Waals surface area contributed by atoms with Gasteiger partial charge in [-0.3, -0.25) is 9.78 Å². The normalized spacial score (nSPS) is 26.1. The number of rotatable bonds is 7. The summed E-state index contributed by atoms with van der Waals surface area (Å²) in [4.78, 5) is 30.0. The Morgan fingerprint density at radius 1 is 1.44 bits per heavy atom. The molecular formula is C18H21N2NaO5S. The summed E-state index contributed by atoms with van der Waals surface area (Å²) in [6, 6.07) is 5.11. The van der Waals surface area contributed by atoms with Gasteiger partial charge in [-0.2, -0.15) is 0 Å². The van der Waals surface area contributed by atoms with Gasteiger partial charge < -0.3 is 25.0 Å². The number of aliphatic carboxylic acids is 1. The van der Waals surface area contributed by atoms with Crippen molar-refractivity contribution >= 4 is 23.6 Å². The summed E-state index contributed by atoms with van der Waals surface area (Å²) in [7, 11) is 0. The van der Waals surface area contributed by atoms with Gasteiger partial charge in [-0.05, 0) is 19.1 Å². The summed E-state index contributed by atoms with van der Waals surface area (Å²) in [6.45, 7) is 3.22. The smallest absolute Gasteiger partial charge is 0.543 e. The van der Waals surface area contributed by atoms with Crippen LogP contribution in [0, 0.1) is 11.8 Å². The van der Waals surface area contributed by atoms with Crippen molar-refractivity contribution in [1.29, 1.82) is 0 Å². The Morgan fingerprint density at radius 3 is 2.67 bits per heavy atom. The number of carbonyl (C=O) groups excluding carboxylic acids is 2. The molecule has 2 aliphatic rings. The van der Waals surface area contributed by atoms with Crippen LogP contribution in [0.1, 0.15) is 19.5 Å². The molecule has 0 aromatic carbocycles. The van der Waals surface area contributed by atoms with Crippen LogP contribution >= 0.6 is 11.8 Å². The number of nitrogens with zero attached hydrogens (tertiary/aromatic N) is 2. The Hall–Kier alpha value is -0.900. The second-order valence-electron chi connectivity index (χ2n) is 6.70. The molecule has 2 N–H and O–H groups in total. The van der Waals surface area contributed by atoms with Crippen LogP contribution in [-0.2, 0) is 16.0 Å². The first-order valence-electron chi connectivity index (χ1n) is 8.50. The zero-order chi connectivity index (χ0) is 19.0. The van der Waals surface area contributed by atoms with Crippen molar-refractivity contribution in [3.63, 3.8) is 0 Å². The van der Waals surface area contributed by atoms with Gasteiger partial charge in [0.25, 0.3) is 0 Å². The Kier molecular flexibility index (Phi) is 7.52. The SMILES string of the molecule is CC(O)C1C(=O)N2C(C(=O)[O-])=C(SC(CO)Cc3ccccn3)C(C)C12.[Na+]. The predicted molar refractivity (Wildman–Crippen MR) is 93.4 cm³/mol. The number of aliphatic hydroxyl groups excluding tert-OH is 2. The Morgan fingerprint density at radius 2 is 2.15 bits per heavy atom. The summed E-state index contributed by atoms with van der Waals surface area (Å²) in [5.74, 6) is -2.66. The number of carboxylic acids is 1. The van der Waals surface area contributed by atoms with Crippen LogP contribution in [0.2, 0.25) is 0 Å². The van der Waals surface area contributed by atoms with Gasteiger partial charge in [0, 0.05) is 34.4 Å². The van der Waals surface area contributed by atoms with E-state index in [1.165, 1.54) is 23.6 Å². The number of amides is 1. The van der Waals surface area contributed by atoms with Crippen molar-refractivity contribution in [2.24, 2.45) is 11.8 Å². The molecule has 9 heteroatoms. The van der Waals surface area contributed by atoms with Crippen LogP contribution in [0.3, 0.4) is 0 Å². The van der Waals surface area contributed by atoms with E-state index >= 15 is 0 Å². The molecule has 5 atom stereocenters. The van der Waals surface area contributed by atoms with Gasteiger partial charge in [-0.25, -0.2) is 0 Å². The van der Waals surface area contributed by atoms with Gasteiger partial charge in [-0.1, -0.05) is 13.0 Å². The number of carboxylic acid groups (broad SMARTS) is 1. The van der Waals surface area contributed by atoms with Gasteiger partial charge in [0.05, 0.1) is 36.3 Å². The third kappa shape index (κ3) is 4.11. The third-order valence-electron chi connectivity index (χ3n) is 4.96. The first-order valence-corrected chi connectivity index (χ1v) is 9.38. The number of aromatic nitrogens is 1. The number of pyridine rings is 1. The number of thioether (sulfide) groups is 1. The van der Waals surface area contributed by atoms with Crippen molar-refractivity contribution in [3.8, 4) is 0 Å². The molecule has 3 heterocycles. The zero-order valence-corrected chi connectivity index (χ0v) is 18.3. The van der Waals surface area contributed by atoms with Crippen LogP contribution in [0.5, 0.6) is 0 Å². The molecular weight excluding hydrogens is 379 g/mol. The summed E-state index contributed by atoms with van der Waals surface area (Å²) >= 11 is 1.25. The standard InChI is InChI=1S/C18H22N2O5S.Na/c1-9-14-13(10(2)22)17(23)20(14)15(18(24)25)16(9)26-12(8-21)7-11-5-3-4-6-19-11;/h3-6,9-10,12-14,21-22H,7-8H2,1-2H3,(H,24,25);/q;+1/p-1. The summed E-state index contributed by atoms with van der Waals surface area (Å²) in [6.07, 6.45) is 1.29. The monoisotopic (exact) mass is 400 g/mol. The van der Waals surface area contributed by atoms with Crippen LogP contribution in [0.25, 0.3) is 0 Å². The maximum Gasteiger partial charge on any atom is 1.00 e. The molecule has 1 aromatic heterocycles. The van der Waals surface area contributed by atoms with E-state index in [1.807, 2.05) is 19.1 Å². The average Bonchev–Trinajstić information content (AvgIpc) is 2.84. The average molecular weight is 400 g/mol. The molecule has 7 nitrogen and oxygen atoms in total. The van der Waals surface area contributed by atoms with Gasteiger partial charge in [-0.15, -0.1) is 11.8 Å². The fourth-order valence-electron chi connectivity index (χ4n) is 3.74. The largest absolute Gasteiger partial charge is 1.00 e. The van der Waals surface area contributed by atoms with Crippen molar-refractivity contribution < 1.29 is 54.5 Å². The fraction of sp³-hybridized carbons (Fsp3) is 0.500. The Balaban J connectivity index is 0.00000261. The maximum atomic E-state index is 12.3. The second kappa shape index (κ2) is 9.07. The summed E-state index contributed by atoms with van der Waals surface area (Å²) in [5, 5.41) is 31.0. The molecule has 2 aliphatic heterocycles. The molecule has 1 amide bonds. The number of hydrogen-bond acceptors (Lipinski definition) is 7. The molecule has 5 unspecified atom stereocenters. The van der Waals surface area contributed by atoms with Gasteiger partial charge in [0.15, 0.2) is 0 Å². The molecule has 0 spiro atoms. The molecule has 1 aromatic rings. The van der Waals surface area contributed by atoms with E-state index < -0.39 is 23.9 Å². The van der Waals surface area contributed by atoms with E-state index in [1.54, 1.807) is 12.3 Å². The number of β-lactam (4-membered cyclic amide) rings is 1. The molecule has 1 saturated heterocycles.